The van der Waals surface area contributed by atoms with Gasteiger partial charge in [-0.15, -0.1) is 5.10 Å². The molecule has 0 spiro atoms. The van der Waals surface area contributed by atoms with E-state index >= 15 is 0 Å². The van der Waals surface area contributed by atoms with Crippen molar-refractivity contribution in [2.45, 2.75) is 31.3 Å². The maximum atomic E-state index is 12.9. The fraction of sp³-hybridized carbons (Fsp3) is 0.500. The first kappa shape index (κ1) is 14.4. The molecule has 2 atom stereocenters. The SMILES string of the molecule is FC(F)(F)c1ccnc(N2CC[C@H]3OCc4cnnn4[C@H]3C2)c1. The lowest BCUT2D eigenvalue weighted by molar-refractivity contribution is -0.137. The molecule has 0 N–H and O–H groups in total. The van der Waals surface area contributed by atoms with Gasteiger partial charge in [0.2, 0.25) is 0 Å². The monoisotopic (exact) mass is 325 g/mol. The van der Waals surface area contributed by atoms with Crippen LogP contribution >= 0.6 is 0 Å². The van der Waals surface area contributed by atoms with E-state index in [9.17, 15) is 13.2 Å². The van der Waals surface area contributed by atoms with E-state index < -0.39 is 11.7 Å². The molecule has 2 aliphatic rings. The van der Waals surface area contributed by atoms with E-state index in [-0.39, 0.29) is 12.1 Å². The van der Waals surface area contributed by atoms with Crippen LogP contribution in [0.25, 0.3) is 0 Å². The molecule has 23 heavy (non-hydrogen) atoms. The summed E-state index contributed by atoms with van der Waals surface area (Å²) in [6.07, 6.45) is -0.809. The molecule has 1 fully saturated rings. The molecule has 4 heterocycles. The molecule has 4 rings (SSSR count). The highest BCUT2D eigenvalue weighted by Crippen LogP contribution is 2.34. The average molecular weight is 325 g/mol. The Hall–Kier alpha value is -2.16. The van der Waals surface area contributed by atoms with Gasteiger partial charge in [0.15, 0.2) is 0 Å². The summed E-state index contributed by atoms with van der Waals surface area (Å²) in [6.45, 7) is 1.56. The topological polar surface area (TPSA) is 56.1 Å². The van der Waals surface area contributed by atoms with Crippen molar-refractivity contribution in [3.05, 3.63) is 35.8 Å². The first-order chi connectivity index (χ1) is 11.0. The van der Waals surface area contributed by atoms with Crippen molar-refractivity contribution in [2.75, 3.05) is 18.0 Å². The second-order valence-corrected chi connectivity index (χ2v) is 5.72. The molecule has 6 nitrogen and oxygen atoms in total. The molecule has 0 unspecified atom stereocenters. The van der Waals surface area contributed by atoms with Gasteiger partial charge >= 0.3 is 6.18 Å². The van der Waals surface area contributed by atoms with Crippen LogP contribution in [0.2, 0.25) is 0 Å². The van der Waals surface area contributed by atoms with Crippen molar-refractivity contribution in [2.24, 2.45) is 0 Å². The number of pyridine rings is 1. The number of anilines is 1. The Morgan fingerprint density at radius 2 is 2.17 bits per heavy atom. The maximum Gasteiger partial charge on any atom is 0.416 e. The van der Waals surface area contributed by atoms with Crippen LogP contribution in [0, 0.1) is 0 Å². The fourth-order valence-corrected chi connectivity index (χ4v) is 3.15. The van der Waals surface area contributed by atoms with Gasteiger partial charge < -0.3 is 9.64 Å². The number of fused-ring (bicyclic) bond motifs is 3. The third kappa shape index (κ3) is 2.54. The highest BCUT2D eigenvalue weighted by Gasteiger charge is 2.37. The Morgan fingerprint density at radius 1 is 1.30 bits per heavy atom. The van der Waals surface area contributed by atoms with Gasteiger partial charge in [-0.3, -0.25) is 0 Å². The van der Waals surface area contributed by atoms with Crippen molar-refractivity contribution in [1.82, 2.24) is 20.0 Å². The van der Waals surface area contributed by atoms with Gasteiger partial charge in [0, 0.05) is 19.3 Å². The van der Waals surface area contributed by atoms with Crippen molar-refractivity contribution in [3.63, 3.8) is 0 Å². The van der Waals surface area contributed by atoms with Crippen LogP contribution in [0.4, 0.5) is 19.0 Å². The van der Waals surface area contributed by atoms with Gasteiger partial charge in [0.05, 0.1) is 36.2 Å². The lowest BCUT2D eigenvalue weighted by Crippen LogP contribution is -2.48. The Kier molecular flexibility index (Phi) is 3.26. The van der Waals surface area contributed by atoms with E-state index in [4.69, 9.17) is 4.74 Å². The third-order valence-corrected chi connectivity index (χ3v) is 4.33. The van der Waals surface area contributed by atoms with Crippen LogP contribution in [0.5, 0.6) is 0 Å². The molecule has 1 saturated heterocycles. The summed E-state index contributed by atoms with van der Waals surface area (Å²) in [5, 5.41) is 7.97. The molecule has 2 aromatic rings. The number of hydrogen-bond acceptors (Lipinski definition) is 5. The summed E-state index contributed by atoms with van der Waals surface area (Å²) < 4.78 is 46.2. The quantitative estimate of drug-likeness (QED) is 0.803. The molecular weight excluding hydrogens is 311 g/mol. The molecule has 122 valence electrons. The first-order valence-corrected chi connectivity index (χ1v) is 7.31. The predicted molar refractivity (Wildman–Crippen MR) is 73.7 cm³/mol. The predicted octanol–water partition coefficient (Wildman–Crippen LogP) is 2.04. The number of piperidine rings is 1. The highest BCUT2D eigenvalue weighted by molar-refractivity contribution is 5.42. The minimum atomic E-state index is -4.37. The maximum absolute atomic E-state index is 12.9. The van der Waals surface area contributed by atoms with E-state index in [0.717, 1.165) is 17.8 Å². The van der Waals surface area contributed by atoms with Crippen LogP contribution in [0.15, 0.2) is 24.5 Å². The van der Waals surface area contributed by atoms with E-state index in [2.05, 4.69) is 15.3 Å². The lowest BCUT2D eigenvalue weighted by Gasteiger charge is -2.41. The van der Waals surface area contributed by atoms with Crippen molar-refractivity contribution in [3.8, 4) is 0 Å². The first-order valence-electron chi connectivity index (χ1n) is 7.31. The van der Waals surface area contributed by atoms with Crippen LogP contribution in [0.3, 0.4) is 0 Å². The van der Waals surface area contributed by atoms with E-state index in [1.54, 1.807) is 6.20 Å². The zero-order chi connectivity index (χ0) is 16.0. The van der Waals surface area contributed by atoms with Gasteiger partial charge in [-0.05, 0) is 18.6 Å². The van der Waals surface area contributed by atoms with Gasteiger partial charge in [-0.2, -0.15) is 13.2 Å². The van der Waals surface area contributed by atoms with Gasteiger partial charge in [0.1, 0.15) is 5.82 Å². The molecule has 0 bridgehead atoms. The van der Waals surface area contributed by atoms with E-state index in [0.29, 0.717) is 31.9 Å². The number of halogens is 3. The average Bonchev–Trinajstić information content (AvgIpc) is 3.03. The number of alkyl halides is 3. The summed E-state index contributed by atoms with van der Waals surface area (Å²) in [7, 11) is 0. The molecule has 0 amide bonds. The summed E-state index contributed by atoms with van der Waals surface area (Å²) in [5.74, 6) is 0.325. The van der Waals surface area contributed by atoms with Gasteiger partial charge in [0.25, 0.3) is 0 Å². The van der Waals surface area contributed by atoms with Gasteiger partial charge in [-0.1, -0.05) is 5.21 Å². The van der Waals surface area contributed by atoms with Crippen LogP contribution < -0.4 is 4.90 Å². The molecule has 2 aliphatic heterocycles. The summed E-state index contributed by atoms with van der Waals surface area (Å²) in [5.41, 5.74) is 0.191. The Balaban J connectivity index is 1.61. The smallest absolute Gasteiger partial charge is 0.370 e. The number of nitrogens with zero attached hydrogens (tertiary/aromatic N) is 5. The normalized spacial score (nSPS) is 24.2. The van der Waals surface area contributed by atoms with Crippen LogP contribution in [0.1, 0.15) is 23.7 Å². The molecule has 0 radical (unpaired) electrons. The molecular formula is C14H14F3N5O. The minimum absolute atomic E-state index is 0.00579. The van der Waals surface area contributed by atoms with Crippen molar-refractivity contribution < 1.29 is 17.9 Å². The minimum Gasteiger partial charge on any atom is -0.370 e. The summed E-state index contributed by atoms with van der Waals surface area (Å²) in [6, 6.07) is 2.01. The zero-order valence-electron chi connectivity index (χ0n) is 12.1. The van der Waals surface area contributed by atoms with Crippen LogP contribution in [-0.4, -0.2) is 39.2 Å². The van der Waals surface area contributed by atoms with E-state index in [1.165, 1.54) is 6.20 Å². The van der Waals surface area contributed by atoms with Gasteiger partial charge in [-0.25, -0.2) is 9.67 Å². The second-order valence-electron chi connectivity index (χ2n) is 5.72. The summed E-state index contributed by atoms with van der Waals surface area (Å²) in [4.78, 5) is 5.94. The van der Waals surface area contributed by atoms with Crippen molar-refractivity contribution in [1.29, 1.82) is 0 Å². The Morgan fingerprint density at radius 3 is 3.00 bits per heavy atom. The molecule has 0 saturated carbocycles. The molecule has 0 aliphatic carbocycles. The summed E-state index contributed by atoms with van der Waals surface area (Å²) >= 11 is 0. The number of ether oxygens (including phenoxy) is 1. The number of rotatable bonds is 1. The zero-order valence-corrected chi connectivity index (χ0v) is 12.1. The molecule has 2 aromatic heterocycles. The Labute approximate surface area is 129 Å². The second kappa shape index (κ2) is 5.19. The third-order valence-electron chi connectivity index (χ3n) is 4.33. The fourth-order valence-electron chi connectivity index (χ4n) is 3.15. The molecule has 9 heteroatoms. The standard InChI is InChI=1S/C14H14F3N5O/c15-14(16,17)9-1-3-18-13(5-9)21-4-2-12-11(7-21)22-10(8-23-12)6-19-20-22/h1,3,5-6,11-12H,2,4,7-8H2/t11-,12+/m0/s1. The van der Waals surface area contributed by atoms with Crippen LogP contribution in [-0.2, 0) is 17.5 Å². The van der Waals surface area contributed by atoms with Crippen molar-refractivity contribution >= 4 is 5.82 Å². The van der Waals surface area contributed by atoms with E-state index in [1.807, 2.05) is 9.58 Å². The lowest BCUT2D eigenvalue weighted by atomic mass is 10.0. The molecule has 0 aromatic carbocycles. The Bertz CT molecular complexity index is 716. The number of hydrogen-bond donors (Lipinski definition) is 0. The highest BCUT2D eigenvalue weighted by atomic mass is 19.4. The number of aromatic nitrogens is 4. The largest absolute Gasteiger partial charge is 0.416 e.